The zero-order valence-electron chi connectivity index (χ0n) is 15.9. The molecule has 1 N–H and O–H groups in total. The first kappa shape index (κ1) is 18.4. The molecule has 2 amide bonds. The number of amides is 2. The predicted octanol–water partition coefficient (Wildman–Crippen LogP) is 4.67. The van der Waals surface area contributed by atoms with Gasteiger partial charge in [-0.15, -0.1) is 0 Å². The first-order valence-corrected chi connectivity index (χ1v) is 9.26. The Hall–Kier alpha value is -2.37. The minimum absolute atomic E-state index is 0.162. The van der Waals surface area contributed by atoms with Crippen molar-refractivity contribution >= 4 is 11.7 Å². The molecule has 2 unspecified atom stereocenters. The highest BCUT2D eigenvalue weighted by Gasteiger charge is 2.25. The Balaban J connectivity index is 1.77. The summed E-state index contributed by atoms with van der Waals surface area (Å²) in [6.07, 6.45) is 3.28. The van der Waals surface area contributed by atoms with Crippen LogP contribution in [0.5, 0.6) is 0 Å². The third-order valence-electron chi connectivity index (χ3n) is 5.06. The zero-order chi connectivity index (χ0) is 18.8. The molecule has 3 rings (SSSR count). The largest absolute Gasteiger partial charge is 0.322 e. The van der Waals surface area contributed by atoms with Gasteiger partial charge in [0.15, 0.2) is 5.82 Å². The molecule has 0 bridgehead atoms. The Morgan fingerprint density at radius 2 is 2.00 bits per heavy atom. The summed E-state index contributed by atoms with van der Waals surface area (Å²) in [5.41, 5.74) is 2.54. The SMILES string of the molecule is Cc1cc(C)n(-c2ccc(NC(=O)N3CC(C)CCCC3C)cc2F)n1. The lowest BCUT2D eigenvalue weighted by Gasteiger charge is -2.28. The number of likely N-dealkylation sites (tertiary alicyclic amines) is 1. The molecule has 1 fully saturated rings. The van der Waals surface area contributed by atoms with Gasteiger partial charge in [-0.05, 0) is 63.8 Å². The predicted molar refractivity (Wildman–Crippen MR) is 101 cm³/mol. The molecule has 0 saturated carbocycles. The fraction of sp³-hybridized carbons (Fsp3) is 0.500. The van der Waals surface area contributed by atoms with Gasteiger partial charge in [-0.2, -0.15) is 5.10 Å². The fourth-order valence-electron chi connectivity index (χ4n) is 3.63. The average molecular weight is 358 g/mol. The van der Waals surface area contributed by atoms with E-state index in [1.54, 1.807) is 16.8 Å². The summed E-state index contributed by atoms with van der Waals surface area (Å²) in [5, 5.41) is 7.16. The molecule has 6 heteroatoms. The molecule has 0 aliphatic carbocycles. The number of hydrogen-bond acceptors (Lipinski definition) is 2. The number of benzene rings is 1. The summed E-state index contributed by atoms with van der Waals surface area (Å²) >= 11 is 0. The van der Waals surface area contributed by atoms with E-state index in [0.717, 1.165) is 37.2 Å². The second-order valence-corrected chi connectivity index (χ2v) is 7.47. The number of hydrogen-bond donors (Lipinski definition) is 1. The second-order valence-electron chi connectivity index (χ2n) is 7.47. The molecule has 26 heavy (non-hydrogen) atoms. The zero-order valence-corrected chi connectivity index (χ0v) is 15.9. The number of carbonyl (C=O) groups is 1. The molecule has 1 saturated heterocycles. The van der Waals surface area contributed by atoms with E-state index in [1.165, 1.54) is 6.07 Å². The van der Waals surface area contributed by atoms with Gasteiger partial charge in [0.2, 0.25) is 0 Å². The molecule has 0 spiro atoms. The number of nitrogens with zero attached hydrogens (tertiary/aromatic N) is 3. The van der Waals surface area contributed by atoms with Gasteiger partial charge in [0.05, 0.1) is 5.69 Å². The van der Waals surface area contributed by atoms with E-state index in [0.29, 0.717) is 17.3 Å². The van der Waals surface area contributed by atoms with Gasteiger partial charge in [0.25, 0.3) is 0 Å². The quantitative estimate of drug-likeness (QED) is 0.848. The summed E-state index contributed by atoms with van der Waals surface area (Å²) in [6.45, 7) is 8.74. The lowest BCUT2D eigenvalue weighted by molar-refractivity contribution is 0.187. The molecule has 1 aromatic carbocycles. The summed E-state index contributed by atoms with van der Waals surface area (Å²) in [4.78, 5) is 14.5. The van der Waals surface area contributed by atoms with Gasteiger partial charge in [-0.3, -0.25) is 0 Å². The van der Waals surface area contributed by atoms with Gasteiger partial charge in [0, 0.05) is 24.0 Å². The van der Waals surface area contributed by atoms with E-state index in [-0.39, 0.29) is 12.1 Å². The molecule has 2 heterocycles. The smallest absolute Gasteiger partial charge is 0.322 e. The van der Waals surface area contributed by atoms with E-state index in [2.05, 4.69) is 24.3 Å². The third-order valence-corrected chi connectivity index (χ3v) is 5.06. The van der Waals surface area contributed by atoms with Gasteiger partial charge in [-0.1, -0.05) is 13.3 Å². The van der Waals surface area contributed by atoms with Crippen LogP contribution in [0, 0.1) is 25.6 Å². The monoisotopic (exact) mass is 358 g/mol. The molecular weight excluding hydrogens is 331 g/mol. The molecule has 2 aromatic rings. The van der Waals surface area contributed by atoms with Crippen molar-refractivity contribution in [2.75, 3.05) is 11.9 Å². The first-order chi connectivity index (χ1) is 12.3. The van der Waals surface area contributed by atoms with E-state index < -0.39 is 5.82 Å². The Kier molecular flexibility index (Phi) is 5.30. The van der Waals surface area contributed by atoms with Crippen LogP contribution in [0.2, 0.25) is 0 Å². The van der Waals surface area contributed by atoms with E-state index >= 15 is 0 Å². The number of aryl methyl sites for hydroxylation is 2. The fourth-order valence-corrected chi connectivity index (χ4v) is 3.63. The van der Waals surface area contributed by atoms with E-state index in [4.69, 9.17) is 0 Å². The van der Waals surface area contributed by atoms with Crippen molar-refractivity contribution < 1.29 is 9.18 Å². The van der Waals surface area contributed by atoms with Gasteiger partial charge >= 0.3 is 6.03 Å². The molecule has 2 atom stereocenters. The Morgan fingerprint density at radius 1 is 1.23 bits per heavy atom. The number of halogens is 1. The summed E-state index contributed by atoms with van der Waals surface area (Å²) in [6, 6.07) is 6.66. The number of nitrogens with one attached hydrogen (secondary N) is 1. The van der Waals surface area contributed by atoms with Crippen LogP contribution in [0.3, 0.4) is 0 Å². The number of rotatable bonds is 2. The van der Waals surface area contributed by atoms with Crippen LogP contribution in [0.15, 0.2) is 24.3 Å². The molecule has 1 aliphatic rings. The third kappa shape index (κ3) is 3.89. The maximum absolute atomic E-state index is 14.6. The number of aromatic nitrogens is 2. The van der Waals surface area contributed by atoms with Crippen LogP contribution in [-0.2, 0) is 0 Å². The normalized spacial score (nSPS) is 20.7. The summed E-state index contributed by atoms with van der Waals surface area (Å²) < 4.78 is 16.2. The number of carbonyl (C=O) groups excluding carboxylic acids is 1. The van der Waals surface area contributed by atoms with Crippen molar-refractivity contribution in [2.24, 2.45) is 5.92 Å². The van der Waals surface area contributed by atoms with E-state index in [1.807, 2.05) is 24.8 Å². The standard InChI is InChI=1S/C20H27FN4O/c1-13-6-5-7-15(3)24(12-13)20(26)22-17-8-9-19(18(21)11-17)25-16(4)10-14(2)23-25/h8-11,13,15H,5-7,12H2,1-4H3,(H,22,26). The molecule has 5 nitrogen and oxygen atoms in total. The lowest BCUT2D eigenvalue weighted by atomic mass is 10.1. The van der Waals surface area contributed by atoms with Crippen LogP contribution < -0.4 is 5.32 Å². The maximum Gasteiger partial charge on any atom is 0.322 e. The second kappa shape index (κ2) is 7.48. The minimum atomic E-state index is -0.411. The molecule has 1 aromatic heterocycles. The molecular formula is C20H27FN4O. The number of urea groups is 1. The minimum Gasteiger partial charge on any atom is -0.322 e. The maximum atomic E-state index is 14.6. The first-order valence-electron chi connectivity index (χ1n) is 9.26. The van der Waals surface area contributed by atoms with Gasteiger partial charge in [-0.25, -0.2) is 13.9 Å². The van der Waals surface area contributed by atoms with Crippen LogP contribution >= 0.6 is 0 Å². The van der Waals surface area contributed by atoms with Gasteiger partial charge < -0.3 is 10.2 Å². The van der Waals surface area contributed by atoms with E-state index in [9.17, 15) is 9.18 Å². The van der Waals surface area contributed by atoms with Crippen LogP contribution in [-0.4, -0.2) is 33.3 Å². The van der Waals surface area contributed by atoms with Gasteiger partial charge in [0.1, 0.15) is 5.69 Å². The van der Waals surface area contributed by atoms with Crippen LogP contribution in [0.4, 0.5) is 14.9 Å². The molecule has 0 radical (unpaired) electrons. The highest BCUT2D eigenvalue weighted by Crippen LogP contribution is 2.23. The summed E-state index contributed by atoms with van der Waals surface area (Å²) in [7, 11) is 0. The Morgan fingerprint density at radius 3 is 2.65 bits per heavy atom. The average Bonchev–Trinajstić information content (AvgIpc) is 2.80. The summed E-state index contributed by atoms with van der Waals surface area (Å²) in [5.74, 6) is 0.0714. The van der Waals surface area contributed by atoms with Crippen molar-refractivity contribution in [1.82, 2.24) is 14.7 Å². The highest BCUT2D eigenvalue weighted by molar-refractivity contribution is 5.89. The topological polar surface area (TPSA) is 50.2 Å². The Labute approximate surface area is 154 Å². The number of anilines is 1. The van der Waals surface area contributed by atoms with Crippen molar-refractivity contribution in [3.63, 3.8) is 0 Å². The van der Waals surface area contributed by atoms with Crippen LogP contribution in [0.1, 0.15) is 44.5 Å². The van der Waals surface area contributed by atoms with Crippen molar-refractivity contribution in [3.8, 4) is 5.69 Å². The lowest BCUT2D eigenvalue weighted by Crippen LogP contribution is -2.42. The highest BCUT2D eigenvalue weighted by atomic mass is 19.1. The molecule has 1 aliphatic heterocycles. The van der Waals surface area contributed by atoms with Crippen molar-refractivity contribution in [3.05, 3.63) is 41.5 Å². The van der Waals surface area contributed by atoms with Crippen molar-refractivity contribution in [2.45, 2.75) is 53.0 Å². The van der Waals surface area contributed by atoms with Crippen LogP contribution in [0.25, 0.3) is 5.69 Å². The van der Waals surface area contributed by atoms with Crippen molar-refractivity contribution in [1.29, 1.82) is 0 Å². The molecule has 140 valence electrons. The Bertz CT molecular complexity index is 801.